The second-order valence-electron chi connectivity index (χ2n) is 4.32. The van der Waals surface area contributed by atoms with Gasteiger partial charge in [0.2, 0.25) is 15.9 Å². The summed E-state index contributed by atoms with van der Waals surface area (Å²) in [5.74, 6) is -0.888. The topological polar surface area (TPSA) is 74.8 Å². The van der Waals surface area contributed by atoms with E-state index in [0.29, 0.717) is 13.0 Å². The summed E-state index contributed by atoms with van der Waals surface area (Å²) in [6.07, 6.45) is 3.29. The van der Waals surface area contributed by atoms with Gasteiger partial charge in [0.15, 0.2) is 0 Å². The number of hydrogen-bond acceptors (Lipinski definition) is 4. The van der Waals surface area contributed by atoms with Crippen molar-refractivity contribution in [1.82, 2.24) is 9.21 Å². The van der Waals surface area contributed by atoms with Crippen LogP contribution in [-0.4, -0.2) is 54.8 Å². The molecule has 2 amide bonds. The third-order valence-electron chi connectivity index (χ3n) is 3.31. The molecular formula is C9H13N2O4SY-. The summed E-state index contributed by atoms with van der Waals surface area (Å²) < 4.78 is 24.0. The fourth-order valence-corrected chi connectivity index (χ4v) is 3.90. The van der Waals surface area contributed by atoms with Crippen LogP contribution in [0.2, 0.25) is 0 Å². The monoisotopic (exact) mass is 334 g/mol. The maximum absolute atomic E-state index is 11.8. The van der Waals surface area contributed by atoms with Gasteiger partial charge in [-0.05, 0) is 13.0 Å². The van der Waals surface area contributed by atoms with Gasteiger partial charge in [-0.25, -0.2) is 12.7 Å². The van der Waals surface area contributed by atoms with Crippen molar-refractivity contribution < 1.29 is 50.7 Å². The molecule has 1 radical (unpaired) electrons. The summed E-state index contributed by atoms with van der Waals surface area (Å²) in [7, 11) is -3.54. The van der Waals surface area contributed by atoms with Crippen molar-refractivity contribution in [3.63, 3.8) is 0 Å². The second kappa shape index (κ2) is 4.93. The Morgan fingerprint density at radius 2 is 2.00 bits per heavy atom. The summed E-state index contributed by atoms with van der Waals surface area (Å²) in [4.78, 5) is 23.9. The first-order valence-electron chi connectivity index (χ1n) is 5.05. The van der Waals surface area contributed by atoms with Crippen molar-refractivity contribution >= 4 is 22.3 Å². The molecule has 8 heteroatoms. The number of hydrogen-bond donors (Lipinski definition) is 0. The maximum Gasteiger partial charge on any atom is 0.241 e. The van der Waals surface area contributed by atoms with Crippen LogP contribution in [0.3, 0.4) is 0 Å². The Labute approximate surface area is 126 Å². The van der Waals surface area contributed by atoms with Gasteiger partial charge in [0.1, 0.15) is 0 Å². The zero-order valence-electron chi connectivity index (χ0n) is 9.66. The van der Waals surface area contributed by atoms with Crippen molar-refractivity contribution in [2.24, 2.45) is 5.92 Å². The van der Waals surface area contributed by atoms with Gasteiger partial charge in [0, 0.05) is 38.8 Å². The molecule has 2 rings (SSSR count). The smallest absolute Gasteiger partial charge is 0.241 e. The minimum atomic E-state index is -3.54. The first-order valence-corrected chi connectivity index (χ1v) is 6.90. The molecular weight excluding hydrogens is 321 g/mol. The van der Waals surface area contributed by atoms with Crippen LogP contribution in [0, 0.1) is 5.92 Å². The predicted octanol–water partition coefficient (Wildman–Crippen LogP) is -1.07. The number of carbonyl (C=O) groups excluding carboxylic acids is 2. The summed E-state index contributed by atoms with van der Waals surface area (Å²) in [5.41, 5.74) is 0. The molecule has 6 nitrogen and oxygen atoms in total. The molecule has 93 valence electrons. The molecule has 2 saturated heterocycles. The fourth-order valence-electron chi connectivity index (χ4n) is 2.68. The fraction of sp³-hybridized carbons (Fsp3) is 0.778. The van der Waals surface area contributed by atoms with Crippen molar-refractivity contribution in [2.75, 3.05) is 12.8 Å². The maximum atomic E-state index is 11.8. The summed E-state index contributed by atoms with van der Waals surface area (Å²) >= 11 is 0. The van der Waals surface area contributed by atoms with Crippen LogP contribution in [-0.2, 0) is 52.3 Å². The molecule has 3 atom stereocenters. The van der Waals surface area contributed by atoms with Gasteiger partial charge in [0.05, 0.1) is 18.2 Å². The Hall–Kier alpha value is -0.00610. The van der Waals surface area contributed by atoms with Gasteiger partial charge < -0.3 is 9.69 Å². The SMILES string of the molecule is C[C@H]1C(=O)N(S(C)(=O)=O)C2CCN([C-]=O)C21.[Y]. The number of likely N-dealkylation sites (tertiary alicyclic amines) is 1. The van der Waals surface area contributed by atoms with Gasteiger partial charge in [-0.15, -0.1) is 0 Å². The molecule has 2 heterocycles. The summed E-state index contributed by atoms with van der Waals surface area (Å²) in [5, 5.41) is 0. The standard InChI is InChI=1S/C9H13N2O4S.Y/c1-6-8-7(3-4-10(8)5-12)11(9(6)13)16(2,14)15;/h6-8H,3-4H2,1-2H3;/q-1;/t6-,7?,8?;/m1./s1. The summed E-state index contributed by atoms with van der Waals surface area (Å²) in [6.45, 7) is 2.11. The molecule has 2 fully saturated rings. The Kier molecular flexibility index (Phi) is 4.37. The molecule has 0 aromatic carbocycles. The Morgan fingerprint density at radius 3 is 2.47 bits per heavy atom. The molecule has 0 N–H and O–H groups in total. The Morgan fingerprint density at radius 1 is 1.41 bits per heavy atom. The quantitative estimate of drug-likeness (QED) is 0.603. The molecule has 0 aromatic heterocycles. The molecule has 0 saturated carbocycles. The molecule has 2 unspecified atom stereocenters. The number of fused-ring (bicyclic) bond motifs is 1. The second-order valence-corrected chi connectivity index (χ2v) is 6.18. The van der Waals surface area contributed by atoms with Crippen LogP contribution in [0.15, 0.2) is 0 Å². The van der Waals surface area contributed by atoms with Crippen molar-refractivity contribution in [3.8, 4) is 0 Å². The normalized spacial score (nSPS) is 32.4. The van der Waals surface area contributed by atoms with Crippen molar-refractivity contribution in [2.45, 2.75) is 25.4 Å². The van der Waals surface area contributed by atoms with Crippen LogP contribution in [0.4, 0.5) is 0 Å². The molecule has 0 aromatic rings. The van der Waals surface area contributed by atoms with E-state index in [2.05, 4.69) is 0 Å². The summed E-state index contributed by atoms with van der Waals surface area (Å²) in [6, 6.07) is -0.751. The number of carbonyl (C=O) groups is 1. The van der Waals surface area contributed by atoms with E-state index in [4.69, 9.17) is 0 Å². The van der Waals surface area contributed by atoms with Crippen LogP contribution < -0.4 is 0 Å². The molecule has 2 aliphatic rings. The van der Waals surface area contributed by atoms with Crippen LogP contribution >= 0.6 is 0 Å². The van der Waals surface area contributed by atoms with E-state index >= 15 is 0 Å². The van der Waals surface area contributed by atoms with E-state index in [-0.39, 0.29) is 38.8 Å². The average Bonchev–Trinajstić information content (AvgIpc) is 2.66. The van der Waals surface area contributed by atoms with Crippen molar-refractivity contribution in [1.29, 1.82) is 0 Å². The van der Waals surface area contributed by atoms with Gasteiger partial charge >= 0.3 is 0 Å². The van der Waals surface area contributed by atoms with Crippen molar-refractivity contribution in [3.05, 3.63) is 0 Å². The first kappa shape index (κ1) is 15.1. The zero-order chi connectivity index (χ0) is 12.1. The Bertz CT molecular complexity index is 438. The predicted molar refractivity (Wildman–Crippen MR) is 55.4 cm³/mol. The largest absolute Gasteiger partial charge is 0.520 e. The van der Waals surface area contributed by atoms with Gasteiger partial charge in [-0.2, -0.15) is 6.41 Å². The molecule has 0 spiro atoms. The molecule has 0 bridgehead atoms. The zero-order valence-corrected chi connectivity index (χ0v) is 13.3. The minimum absolute atomic E-state index is 0. The van der Waals surface area contributed by atoms with Crippen LogP contribution in [0.25, 0.3) is 0 Å². The molecule has 17 heavy (non-hydrogen) atoms. The van der Waals surface area contributed by atoms with Crippen LogP contribution in [0.5, 0.6) is 0 Å². The molecule has 2 aliphatic heterocycles. The third-order valence-corrected chi connectivity index (χ3v) is 4.48. The van der Waals surface area contributed by atoms with E-state index in [1.165, 1.54) is 4.90 Å². The number of sulfonamides is 1. The number of rotatable bonds is 2. The van der Waals surface area contributed by atoms with Crippen LogP contribution in [0.1, 0.15) is 13.3 Å². The number of amides is 2. The first-order chi connectivity index (χ1) is 7.38. The van der Waals surface area contributed by atoms with E-state index in [1.54, 1.807) is 13.3 Å². The minimum Gasteiger partial charge on any atom is -0.520 e. The molecule has 0 aliphatic carbocycles. The van der Waals surface area contributed by atoms with Gasteiger partial charge in [-0.3, -0.25) is 4.79 Å². The van der Waals surface area contributed by atoms with E-state index < -0.39 is 27.9 Å². The van der Waals surface area contributed by atoms with Gasteiger partial charge in [-0.1, -0.05) is 6.92 Å². The van der Waals surface area contributed by atoms with Gasteiger partial charge in [0.25, 0.3) is 0 Å². The van der Waals surface area contributed by atoms with E-state index in [0.717, 1.165) is 10.6 Å². The third kappa shape index (κ3) is 2.29. The van der Waals surface area contributed by atoms with E-state index in [9.17, 15) is 18.0 Å². The number of nitrogens with zero attached hydrogens (tertiary/aromatic N) is 2. The Balaban J connectivity index is 0.00000144. The van der Waals surface area contributed by atoms with E-state index in [1.807, 2.05) is 0 Å². The average molecular weight is 334 g/mol.